The highest BCUT2D eigenvalue weighted by molar-refractivity contribution is 7.92. The van der Waals surface area contributed by atoms with Gasteiger partial charge in [-0.3, -0.25) is 4.72 Å². The minimum atomic E-state index is -3.94. The van der Waals surface area contributed by atoms with Crippen LogP contribution < -0.4 is 9.46 Å². The molecule has 5 rings (SSSR count). The molecule has 1 aliphatic rings. The highest BCUT2D eigenvalue weighted by Gasteiger charge is 2.23. The third kappa shape index (κ3) is 4.73. The number of ether oxygens (including phenoxy) is 1. The molecule has 2 N–H and O–H groups in total. The van der Waals surface area contributed by atoms with Crippen LogP contribution in [0.25, 0.3) is 21.3 Å². The lowest BCUT2D eigenvalue weighted by atomic mass is 9.79. The number of methoxy groups -OCH3 is 1. The quantitative estimate of drug-likeness (QED) is 0.300. The number of phenolic OH excluding ortho intramolecular Hbond substituents is 1. The summed E-state index contributed by atoms with van der Waals surface area (Å²) in [4.78, 5) is 4.42. The molecule has 6 nitrogen and oxygen atoms in total. The van der Waals surface area contributed by atoms with Crippen molar-refractivity contribution in [1.82, 2.24) is 4.98 Å². The molecule has 8 heteroatoms. The van der Waals surface area contributed by atoms with E-state index in [0.29, 0.717) is 27.4 Å². The van der Waals surface area contributed by atoms with Crippen LogP contribution in [-0.4, -0.2) is 25.6 Å². The number of hydrogen-bond acceptors (Lipinski definition) is 6. The van der Waals surface area contributed by atoms with Crippen molar-refractivity contribution in [1.29, 1.82) is 0 Å². The summed E-state index contributed by atoms with van der Waals surface area (Å²) in [5.41, 5.74) is 2.54. The lowest BCUT2D eigenvalue weighted by Crippen LogP contribution is -2.14. The van der Waals surface area contributed by atoms with Gasteiger partial charge in [0.05, 0.1) is 12.8 Å². The number of fused-ring (bicyclic) bond motifs is 1. The number of thiazole rings is 1. The summed E-state index contributed by atoms with van der Waals surface area (Å²) in [7, 11) is -2.47. The first kappa shape index (κ1) is 23.6. The average molecular weight is 509 g/mol. The topological polar surface area (TPSA) is 88.5 Å². The van der Waals surface area contributed by atoms with E-state index < -0.39 is 10.0 Å². The molecule has 35 heavy (non-hydrogen) atoms. The zero-order valence-electron chi connectivity index (χ0n) is 19.7. The third-order valence-electron chi connectivity index (χ3n) is 6.84. The van der Waals surface area contributed by atoms with Gasteiger partial charge in [0, 0.05) is 21.7 Å². The van der Waals surface area contributed by atoms with Crippen molar-refractivity contribution in [2.45, 2.75) is 43.6 Å². The summed E-state index contributed by atoms with van der Waals surface area (Å²) in [6.45, 7) is 2.32. The summed E-state index contributed by atoms with van der Waals surface area (Å²) in [6, 6.07) is 16.6. The van der Waals surface area contributed by atoms with E-state index in [-0.39, 0.29) is 16.5 Å². The largest absolute Gasteiger partial charge is 0.507 e. The first-order valence-electron chi connectivity index (χ1n) is 11.7. The van der Waals surface area contributed by atoms with Crippen molar-refractivity contribution < 1.29 is 18.3 Å². The van der Waals surface area contributed by atoms with Gasteiger partial charge in [-0.25, -0.2) is 4.98 Å². The smallest absolute Gasteiger partial charge is 0.280 e. The Morgan fingerprint density at radius 2 is 1.74 bits per heavy atom. The Labute approximate surface area is 209 Å². The second kappa shape index (κ2) is 9.51. The van der Waals surface area contributed by atoms with Gasteiger partial charge in [0.15, 0.2) is 10.8 Å². The number of aromatic nitrogens is 1. The summed E-state index contributed by atoms with van der Waals surface area (Å²) >= 11 is 1.30. The van der Waals surface area contributed by atoms with Crippen molar-refractivity contribution in [3.8, 4) is 22.1 Å². The average Bonchev–Trinajstić information content (AvgIpc) is 3.36. The summed E-state index contributed by atoms with van der Waals surface area (Å²) in [6.07, 6.45) is 5.00. The number of nitrogens with zero attached hydrogens (tertiary/aromatic N) is 1. The van der Waals surface area contributed by atoms with Gasteiger partial charge in [-0.15, -0.1) is 11.3 Å². The van der Waals surface area contributed by atoms with Crippen LogP contribution in [-0.2, 0) is 10.0 Å². The molecule has 0 saturated heterocycles. The molecule has 0 radical (unpaired) electrons. The SMILES string of the molecule is COc1c(NS(=O)(=O)c2csc(-c3ccc([C@H]4CC[C@H](C)CC4)cc3)n2)ccc2c(O)cccc12. The number of aromatic hydroxyl groups is 1. The molecule has 4 aromatic rings. The Kier molecular flexibility index (Phi) is 6.42. The second-order valence-electron chi connectivity index (χ2n) is 9.19. The van der Waals surface area contributed by atoms with Gasteiger partial charge in [0.1, 0.15) is 10.8 Å². The Morgan fingerprint density at radius 1 is 1.00 bits per heavy atom. The fraction of sp³-hybridized carbons (Fsp3) is 0.296. The maximum Gasteiger partial charge on any atom is 0.280 e. The molecule has 0 bridgehead atoms. The molecule has 0 aliphatic heterocycles. The molecule has 1 aliphatic carbocycles. The molecule has 182 valence electrons. The van der Waals surface area contributed by atoms with E-state index >= 15 is 0 Å². The minimum absolute atomic E-state index is 0.0408. The zero-order valence-corrected chi connectivity index (χ0v) is 21.3. The van der Waals surface area contributed by atoms with Crippen molar-refractivity contribution in [2.24, 2.45) is 5.92 Å². The van der Waals surface area contributed by atoms with E-state index in [1.54, 1.807) is 35.7 Å². The molecule has 3 aromatic carbocycles. The number of benzene rings is 3. The van der Waals surface area contributed by atoms with Gasteiger partial charge in [-0.1, -0.05) is 56.2 Å². The van der Waals surface area contributed by atoms with E-state index in [4.69, 9.17) is 4.74 Å². The van der Waals surface area contributed by atoms with Gasteiger partial charge >= 0.3 is 0 Å². The molecule has 0 atom stereocenters. The fourth-order valence-corrected chi connectivity index (χ4v) is 6.98. The highest BCUT2D eigenvalue weighted by atomic mass is 32.2. The van der Waals surface area contributed by atoms with Crippen molar-refractivity contribution in [2.75, 3.05) is 11.8 Å². The van der Waals surface area contributed by atoms with Crippen LogP contribution >= 0.6 is 11.3 Å². The van der Waals surface area contributed by atoms with Crippen molar-refractivity contribution in [3.63, 3.8) is 0 Å². The van der Waals surface area contributed by atoms with Crippen LogP contribution in [0.2, 0.25) is 0 Å². The first-order chi connectivity index (χ1) is 16.9. The molecule has 1 fully saturated rings. The van der Waals surface area contributed by atoms with Gasteiger partial charge in [-0.05, 0) is 48.4 Å². The van der Waals surface area contributed by atoms with Crippen molar-refractivity contribution >= 4 is 37.8 Å². The van der Waals surface area contributed by atoms with Crippen molar-refractivity contribution in [3.05, 3.63) is 65.5 Å². The Morgan fingerprint density at radius 3 is 2.46 bits per heavy atom. The van der Waals surface area contributed by atoms with E-state index in [1.165, 1.54) is 49.7 Å². The summed E-state index contributed by atoms with van der Waals surface area (Å²) in [5.74, 6) is 1.86. The number of hydrogen-bond donors (Lipinski definition) is 2. The molecular formula is C27H28N2O4S2. The maximum absolute atomic E-state index is 13.1. The number of sulfonamides is 1. The molecule has 1 aromatic heterocycles. The minimum Gasteiger partial charge on any atom is -0.507 e. The number of phenols is 1. The molecule has 0 amide bonds. The Hall–Kier alpha value is -3.10. The van der Waals surface area contributed by atoms with Gasteiger partial charge < -0.3 is 9.84 Å². The van der Waals surface area contributed by atoms with Crippen LogP contribution in [0.1, 0.15) is 44.1 Å². The lowest BCUT2D eigenvalue weighted by Gasteiger charge is -2.26. The van der Waals surface area contributed by atoms with Crippen LogP contribution in [0.3, 0.4) is 0 Å². The molecule has 1 saturated carbocycles. The molecular weight excluding hydrogens is 480 g/mol. The molecule has 0 unspecified atom stereocenters. The normalized spacial score (nSPS) is 18.5. The van der Waals surface area contributed by atoms with E-state index in [1.807, 2.05) is 12.1 Å². The maximum atomic E-state index is 13.1. The summed E-state index contributed by atoms with van der Waals surface area (Å²) in [5, 5.41) is 13.5. The van der Waals surface area contributed by atoms with E-state index in [9.17, 15) is 13.5 Å². The van der Waals surface area contributed by atoms with E-state index in [2.05, 4.69) is 28.8 Å². The number of nitrogens with one attached hydrogen (secondary N) is 1. The zero-order chi connectivity index (χ0) is 24.6. The van der Waals surface area contributed by atoms with Crippen LogP contribution in [0, 0.1) is 5.92 Å². The van der Waals surface area contributed by atoms with Crippen LogP contribution in [0.5, 0.6) is 11.5 Å². The number of rotatable bonds is 6. The first-order valence-corrected chi connectivity index (χ1v) is 14.1. The van der Waals surface area contributed by atoms with Crippen LogP contribution in [0.4, 0.5) is 5.69 Å². The van der Waals surface area contributed by atoms with Gasteiger partial charge in [0.2, 0.25) is 0 Å². The Bertz CT molecular complexity index is 1450. The third-order valence-corrected chi connectivity index (χ3v) is 9.13. The standard InChI is InChI=1S/C27H28N2O4S2/c1-17-6-8-18(9-7-17)19-10-12-20(13-11-19)27-28-25(16-34-27)35(31,32)29-23-15-14-21-22(26(23)33-2)4-3-5-24(21)30/h3-5,10-18,29-30H,6-9H2,1-2H3/t17-,18-. The highest BCUT2D eigenvalue weighted by Crippen LogP contribution is 2.39. The lowest BCUT2D eigenvalue weighted by molar-refractivity contribution is 0.348. The van der Waals surface area contributed by atoms with E-state index in [0.717, 1.165) is 11.5 Å². The second-order valence-corrected chi connectivity index (χ2v) is 11.7. The van der Waals surface area contributed by atoms with Crippen LogP contribution in [0.15, 0.2) is 65.0 Å². The molecule has 1 heterocycles. The molecule has 0 spiro atoms. The summed E-state index contributed by atoms with van der Waals surface area (Å²) < 4.78 is 34.3. The number of anilines is 1. The fourth-order valence-electron chi connectivity index (χ4n) is 4.82. The Balaban J connectivity index is 1.37. The van der Waals surface area contributed by atoms with Gasteiger partial charge in [-0.2, -0.15) is 8.42 Å². The predicted octanol–water partition coefficient (Wildman–Crippen LogP) is 6.77. The van der Waals surface area contributed by atoms with Gasteiger partial charge in [0.25, 0.3) is 10.0 Å². The monoisotopic (exact) mass is 508 g/mol. The predicted molar refractivity (Wildman–Crippen MR) is 141 cm³/mol.